The number of carbonyl (C=O) groups is 2. The van der Waals surface area contributed by atoms with Crippen molar-refractivity contribution in [1.82, 2.24) is 0 Å². The molecule has 0 bridgehead atoms. The van der Waals surface area contributed by atoms with Crippen LogP contribution in [0.3, 0.4) is 0 Å². The highest BCUT2D eigenvalue weighted by Gasteiger charge is 2.41. The molecule has 5 rings (SSSR count). The van der Waals surface area contributed by atoms with Crippen LogP contribution in [0.4, 0.5) is 17.1 Å². The zero-order valence-electron chi connectivity index (χ0n) is 23.2. The van der Waals surface area contributed by atoms with Crippen molar-refractivity contribution >= 4 is 28.8 Å². The fourth-order valence-electron chi connectivity index (χ4n) is 5.92. The molecular weight excluding hydrogens is 486 g/mol. The van der Waals surface area contributed by atoms with Gasteiger partial charge in [-0.05, 0) is 73.7 Å². The second-order valence-corrected chi connectivity index (χ2v) is 10.1. The van der Waals surface area contributed by atoms with Gasteiger partial charge in [0.05, 0.1) is 24.5 Å². The van der Waals surface area contributed by atoms with Crippen molar-refractivity contribution in [1.29, 1.82) is 0 Å². The minimum atomic E-state index is -0.501. The van der Waals surface area contributed by atoms with Crippen molar-refractivity contribution in [3.05, 3.63) is 95.2 Å². The lowest BCUT2D eigenvalue weighted by Gasteiger charge is -2.35. The number of benzene rings is 3. The van der Waals surface area contributed by atoms with Crippen LogP contribution in [-0.4, -0.2) is 31.9 Å². The molecule has 0 fully saturated rings. The lowest BCUT2D eigenvalue weighted by atomic mass is 9.78. The van der Waals surface area contributed by atoms with Crippen LogP contribution in [0.15, 0.2) is 84.1 Å². The Bertz CT molecular complexity index is 1370. The van der Waals surface area contributed by atoms with Crippen LogP contribution in [-0.2, 0) is 9.59 Å². The van der Waals surface area contributed by atoms with Gasteiger partial charge in [0, 0.05) is 42.9 Å². The summed E-state index contributed by atoms with van der Waals surface area (Å²) in [5.41, 5.74) is 6.40. The summed E-state index contributed by atoms with van der Waals surface area (Å²) in [7, 11) is 1.65. The van der Waals surface area contributed by atoms with Crippen LogP contribution in [0.1, 0.15) is 63.1 Å². The highest BCUT2D eigenvalue weighted by Crippen LogP contribution is 2.47. The van der Waals surface area contributed by atoms with Gasteiger partial charge in [0.25, 0.3) is 0 Å². The van der Waals surface area contributed by atoms with Gasteiger partial charge in [-0.25, -0.2) is 0 Å². The molecule has 0 saturated carbocycles. The Morgan fingerprint density at radius 1 is 0.923 bits per heavy atom. The molecule has 2 unspecified atom stereocenters. The predicted octanol–water partition coefficient (Wildman–Crippen LogP) is 6.85. The molecule has 6 nitrogen and oxygen atoms in total. The van der Waals surface area contributed by atoms with E-state index in [9.17, 15) is 9.59 Å². The van der Waals surface area contributed by atoms with Gasteiger partial charge in [-0.1, -0.05) is 43.3 Å². The number of fused-ring (bicyclic) bond motifs is 1. The standard InChI is InChI=1S/C33H37N3O3/c1-5-31(38)36-29-11-9-8-10-27(29)34-28-20-24(22-14-18-26(39-4)19-15-22)21-30(37)32(28)33(36)23-12-16-25(17-13-23)35(6-2)7-3/h8-19,24,33-34H,5-7,20-21H2,1-4H3. The number of ketones is 1. The Morgan fingerprint density at radius 2 is 1.59 bits per heavy atom. The average Bonchev–Trinajstić information content (AvgIpc) is 3.12. The van der Waals surface area contributed by atoms with Crippen molar-refractivity contribution in [2.45, 2.75) is 52.0 Å². The number of nitrogens with zero attached hydrogens (tertiary/aromatic N) is 2. The minimum Gasteiger partial charge on any atom is -0.497 e. The highest BCUT2D eigenvalue weighted by molar-refractivity contribution is 6.06. The number of rotatable bonds is 7. The number of nitrogens with one attached hydrogen (secondary N) is 1. The number of Topliss-reactive ketones (excluding diaryl/α,β-unsaturated/α-hetero) is 1. The third-order valence-corrected chi connectivity index (χ3v) is 7.98. The highest BCUT2D eigenvalue weighted by atomic mass is 16.5. The molecule has 0 aromatic heterocycles. The Morgan fingerprint density at radius 3 is 2.23 bits per heavy atom. The lowest BCUT2D eigenvalue weighted by Crippen LogP contribution is -2.38. The summed E-state index contributed by atoms with van der Waals surface area (Å²) in [6.07, 6.45) is 1.42. The first-order valence-corrected chi connectivity index (χ1v) is 13.9. The van der Waals surface area contributed by atoms with Gasteiger partial charge in [-0.15, -0.1) is 0 Å². The summed E-state index contributed by atoms with van der Waals surface area (Å²) < 4.78 is 5.34. The number of methoxy groups -OCH3 is 1. The molecule has 2 aliphatic rings. The van der Waals surface area contributed by atoms with E-state index in [1.807, 2.05) is 60.4 Å². The van der Waals surface area contributed by atoms with Gasteiger partial charge in [0.1, 0.15) is 5.75 Å². The van der Waals surface area contributed by atoms with Crippen molar-refractivity contribution < 1.29 is 14.3 Å². The van der Waals surface area contributed by atoms with Crippen LogP contribution in [0.2, 0.25) is 0 Å². The summed E-state index contributed by atoms with van der Waals surface area (Å²) in [4.78, 5) is 31.8. The Hall–Kier alpha value is -4.06. The number of anilines is 3. The largest absolute Gasteiger partial charge is 0.497 e. The first-order valence-electron chi connectivity index (χ1n) is 13.9. The van der Waals surface area contributed by atoms with E-state index in [1.165, 1.54) is 0 Å². The summed E-state index contributed by atoms with van der Waals surface area (Å²) in [5.74, 6) is 0.898. The minimum absolute atomic E-state index is 0.0131. The van der Waals surface area contributed by atoms with E-state index in [0.29, 0.717) is 24.8 Å². The SMILES string of the molecule is CCC(=O)N1c2ccccc2NC2=C(C(=O)CC(c3ccc(OC)cc3)C2)C1c1ccc(N(CC)CC)cc1. The molecule has 1 amide bonds. The summed E-state index contributed by atoms with van der Waals surface area (Å²) in [5, 5.41) is 3.60. The van der Waals surface area contributed by atoms with E-state index in [-0.39, 0.29) is 17.6 Å². The molecule has 6 heteroatoms. The van der Waals surface area contributed by atoms with Gasteiger partial charge >= 0.3 is 0 Å². The van der Waals surface area contributed by atoms with Gasteiger partial charge in [0.2, 0.25) is 5.91 Å². The summed E-state index contributed by atoms with van der Waals surface area (Å²) in [6.45, 7) is 7.99. The van der Waals surface area contributed by atoms with Gasteiger partial charge in [-0.2, -0.15) is 0 Å². The van der Waals surface area contributed by atoms with Crippen molar-refractivity contribution in [3.63, 3.8) is 0 Å². The number of hydrogen-bond acceptors (Lipinski definition) is 5. The first kappa shape index (κ1) is 26.5. The zero-order chi connectivity index (χ0) is 27.5. The molecule has 0 radical (unpaired) electrons. The summed E-state index contributed by atoms with van der Waals surface area (Å²) in [6, 6.07) is 23.7. The monoisotopic (exact) mass is 523 g/mol. The second-order valence-electron chi connectivity index (χ2n) is 10.1. The fourth-order valence-corrected chi connectivity index (χ4v) is 5.92. The van der Waals surface area contributed by atoms with Gasteiger partial charge < -0.3 is 15.0 Å². The summed E-state index contributed by atoms with van der Waals surface area (Å²) >= 11 is 0. The van der Waals surface area contributed by atoms with Gasteiger partial charge in [-0.3, -0.25) is 14.5 Å². The van der Waals surface area contributed by atoms with Crippen molar-refractivity contribution in [2.75, 3.05) is 35.3 Å². The quantitative estimate of drug-likeness (QED) is 0.367. The number of para-hydroxylation sites is 2. The molecule has 39 heavy (non-hydrogen) atoms. The van der Waals surface area contributed by atoms with Crippen molar-refractivity contribution in [2.24, 2.45) is 0 Å². The normalized spacial score (nSPS) is 18.6. The van der Waals surface area contributed by atoms with E-state index in [0.717, 1.165) is 52.7 Å². The zero-order valence-corrected chi connectivity index (χ0v) is 23.2. The van der Waals surface area contributed by atoms with E-state index in [2.05, 4.69) is 48.3 Å². The molecule has 1 heterocycles. The fraction of sp³-hybridized carbons (Fsp3) is 0.333. The molecule has 1 aliphatic heterocycles. The van der Waals surface area contributed by atoms with E-state index < -0.39 is 6.04 Å². The van der Waals surface area contributed by atoms with E-state index in [4.69, 9.17) is 4.74 Å². The van der Waals surface area contributed by atoms with Crippen LogP contribution in [0, 0.1) is 0 Å². The topological polar surface area (TPSA) is 61.9 Å². The number of allylic oxidation sites excluding steroid dienone is 1. The Labute approximate surface area is 231 Å². The molecule has 1 N–H and O–H groups in total. The molecular formula is C33H37N3O3. The number of amides is 1. The smallest absolute Gasteiger partial charge is 0.227 e. The van der Waals surface area contributed by atoms with Crippen molar-refractivity contribution in [3.8, 4) is 5.75 Å². The number of hydrogen-bond donors (Lipinski definition) is 1. The van der Waals surface area contributed by atoms with Crippen LogP contribution in [0.25, 0.3) is 0 Å². The predicted molar refractivity (Wildman–Crippen MR) is 158 cm³/mol. The first-order chi connectivity index (χ1) is 19.0. The van der Waals surface area contributed by atoms with Gasteiger partial charge in [0.15, 0.2) is 5.78 Å². The molecule has 202 valence electrons. The Balaban J connectivity index is 1.64. The molecule has 3 aromatic carbocycles. The average molecular weight is 524 g/mol. The maximum Gasteiger partial charge on any atom is 0.227 e. The lowest BCUT2D eigenvalue weighted by molar-refractivity contribution is -0.119. The number of ether oxygens (including phenoxy) is 1. The Kier molecular flexibility index (Phi) is 7.73. The second kappa shape index (κ2) is 11.4. The molecule has 2 atom stereocenters. The third-order valence-electron chi connectivity index (χ3n) is 7.98. The molecule has 3 aromatic rings. The van der Waals surface area contributed by atoms with Crippen LogP contribution < -0.4 is 19.9 Å². The van der Waals surface area contributed by atoms with Crippen LogP contribution >= 0.6 is 0 Å². The molecule has 1 aliphatic carbocycles. The third kappa shape index (κ3) is 5.03. The molecule has 0 spiro atoms. The van der Waals surface area contributed by atoms with Crippen LogP contribution in [0.5, 0.6) is 5.75 Å². The maximum absolute atomic E-state index is 14.1. The van der Waals surface area contributed by atoms with E-state index >= 15 is 0 Å². The maximum atomic E-state index is 14.1. The number of carbonyl (C=O) groups excluding carboxylic acids is 2. The van der Waals surface area contributed by atoms with E-state index in [1.54, 1.807) is 7.11 Å². The molecule has 0 saturated heterocycles.